The van der Waals surface area contributed by atoms with Crippen LogP contribution in [0.15, 0.2) is 4.47 Å². The van der Waals surface area contributed by atoms with Crippen LogP contribution in [0.4, 0.5) is 5.82 Å². The molecule has 1 aliphatic heterocycles. The molecule has 0 radical (unpaired) electrons. The van der Waals surface area contributed by atoms with Crippen molar-refractivity contribution in [3.8, 4) is 0 Å². The molecule has 1 saturated heterocycles. The van der Waals surface area contributed by atoms with Crippen LogP contribution in [-0.4, -0.2) is 51.8 Å². The summed E-state index contributed by atoms with van der Waals surface area (Å²) in [4.78, 5) is 24.4. The van der Waals surface area contributed by atoms with Crippen LogP contribution in [0.2, 0.25) is 0 Å². The van der Waals surface area contributed by atoms with Gasteiger partial charge in [0.1, 0.15) is 10.5 Å². The molecule has 0 N–H and O–H groups in total. The highest BCUT2D eigenvalue weighted by Gasteiger charge is 2.31. The second kappa shape index (κ2) is 5.88. The topological polar surface area (TPSA) is 90.5 Å². The van der Waals surface area contributed by atoms with Gasteiger partial charge in [-0.05, 0) is 34.7 Å². The summed E-state index contributed by atoms with van der Waals surface area (Å²) in [5.74, 6) is -0.384. The Bertz CT molecular complexity index is 539. The fraction of sp³-hybridized carbons (Fsp3) is 0.636. The van der Waals surface area contributed by atoms with Gasteiger partial charge < -0.3 is 19.8 Å². The number of morpholine rings is 1. The van der Waals surface area contributed by atoms with Gasteiger partial charge in [0.15, 0.2) is 0 Å². The Balaban J connectivity index is 2.24. The quantitative estimate of drug-likeness (QED) is 0.607. The maximum atomic E-state index is 12.4. The SMILES string of the molecule is Cc1c(Br)c([N+](=O)[O-])nn1[C@@H](C)C(=O)N1CCOCC1. The van der Waals surface area contributed by atoms with Crippen molar-refractivity contribution in [2.24, 2.45) is 0 Å². The van der Waals surface area contributed by atoms with E-state index in [2.05, 4.69) is 21.0 Å². The fourth-order valence-electron chi connectivity index (χ4n) is 2.13. The van der Waals surface area contributed by atoms with Crippen molar-refractivity contribution in [3.05, 3.63) is 20.3 Å². The first-order valence-corrected chi connectivity index (χ1v) is 6.98. The molecule has 1 amide bonds. The molecule has 8 nitrogen and oxygen atoms in total. The zero-order valence-electron chi connectivity index (χ0n) is 11.2. The Morgan fingerprint density at radius 1 is 1.50 bits per heavy atom. The standard InChI is InChI=1S/C11H15BrN4O4/c1-7-9(12)10(16(18)19)13-15(7)8(2)11(17)14-3-5-20-6-4-14/h8H,3-6H2,1-2H3/t8-/m0/s1. The van der Waals surface area contributed by atoms with E-state index in [0.717, 1.165) is 0 Å². The maximum absolute atomic E-state index is 12.4. The minimum Gasteiger partial charge on any atom is -0.378 e. The van der Waals surface area contributed by atoms with Crippen molar-refractivity contribution >= 4 is 27.7 Å². The van der Waals surface area contributed by atoms with Crippen LogP contribution in [0.3, 0.4) is 0 Å². The molecule has 2 heterocycles. The molecular weight excluding hydrogens is 332 g/mol. The number of aromatic nitrogens is 2. The summed E-state index contributed by atoms with van der Waals surface area (Å²) in [6.07, 6.45) is 0. The Kier molecular flexibility index (Phi) is 4.39. The van der Waals surface area contributed by atoms with Crippen LogP contribution in [0.5, 0.6) is 0 Å². The number of halogens is 1. The summed E-state index contributed by atoms with van der Waals surface area (Å²) in [6, 6.07) is -0.585. The monoisotopic (exact) mass is 346 g/mol. The number of rotatable bonds is 3. The van der Waals surface area contributed by atoms with Gasteiger partial charge in [-0.2, -0.15) is 4.68 Å². The molecule has 0 aromatic carbocycles. The van der Waals surface area contributed by atoms with Crippen LogP contribution in [0.25, 0.3) is 0 Å². The number of ether oxygens (including phenoxy) is 1. The van der Waals surface area contributed by atoms with Crippen molar-refractivity contribution in [2.45, 2.75) is 19.9 Å². The molecule has 1 aliphatic rings. The predicted octanol–water partition coefficient (Wildman–Crippen LogP) is 1.28. The van der Waals surface area contributed by atoms with Crippen LogP contribution < -0.4 is 0 Å². The third-order valence-electron chi connectivity index (χ3n) is 3.28. The lowest BCUT2D eigenvalue weighted by molar-refractivity contribution is -0.390. The lowest BCUT2D eigenvalue weighted by atomic mass is 10.2. The van der Waals surface area contributed by atoms with E-state index in [-0.39, 0.29) is 11.7 Å². The highest BCUT2D eigenvalue weighted by molar-refractivity contribution is 9.10. The van der Waals surface area contributed by atoms with E-state index in [4.69, 9.17) is 4.74 Å². The molecule has 0 unspecified atom stereocenters. The second-order valence-corrected chi connectivity index (χ2v) is 5.33. The molecular formula is C11H15BrN4O4. The average molecular weight is 347 g/mol. The molecule has 1 aromatic heterocycles. The fourth-order valence-corrected chi connectivity index (χ4v) is 2.54. The van der Waals surface area contributed by atoms with E-state index in [0.29, 0.717) is 36.5 Å². The van der Waals surface area contributed by atoms with E-state index in [1.165, 1.54) is 4.68 Å². The van der Waals surface area contributed by atoms with E-state index < -0.39 is 11.0 Å². The van der Waals surface area contributed by atoms with Crippen molar-refractivity contribution in [1.29, 1.82) is 0 Å². The summed E-state index contributed by atoms with van der Waals surface area (Å²) in [5, 5.41) is 14.8. The molecule has 0 saturated carbocycles. The highest BCUT2D eigenvalue weighted by Crippen LogP contribution is 2.29. The van der Waals surface area contributed by atoms with Gasteiger partial charge in [0, 0.05) is 13.1 Å². The molecule has 2 rings (SSSR count). The lowest BCUT2D eigenvalue weighted by Gasteiger charge is -2.28. The number of carbonyl (C=O) groups excluding carboxylic acids is 1. The summed E-state index contributed by atoms with van der Waals surface area (Å²) < 4.78 is 6.90. The van der Waals surface area contributed by atoms with Gasteiger partial charge in [-0.1, -0.05) is 0 Å². The van der Waals surface area contributed by atoms with Gasteiger partial charge in [-0.25, -0.2) is 0 Å². The zero-order valence-corrected chi connectivity index (χ0v) is 12.8. The normalized spacial score (nSPS) is 17.1. The molecule has 1 aromatic rings. The van der Waals surface area contributed by atoms with E-state index in [9.17, 15) is 14.9 Å². The molecule has 110 valence electrons. The maximum Gasteiger partial charge on any atom is 0.404 e. The average Bonchev–Trinajstić information content (AvgIpc) is 2.75. The highest BCUT2D eigenvalue weighted by atomic mass is 79.9. The number of carbonyl (C=O) groups is 1. The van der Waals surface area contributed by atoms with Gasteiger partial charge in [-0.15, -0.1) is 0 Å². The molecule has 0 aliphatic carbocycles. The molecule has 1 fully saturated rings. The Morgan fingerprint density at radius 3 is 2.60 bits per heavy atom. The second-order valence-electron chi connectivity index (χ2n) is 4.54. The van der Waals surface area contributed by atoms with Crippen molar-refractivity contribution in [2.75, 3.05) is 26.3 Å². The van der Waals surface area contributed by atoms with E-state index >= 15 is 0 Å². The van der Waals surface area contributed by atoms with Crippen LogP contribution in [0, 0.1) is 17.0 Å². The first-order valence-electron chi connectivity index (χ1n) is 6.19. The number of nitrogens with zero attached hydrogens (tertiary/aromatic N) is 4. The smallest absolute Gasteiger partial charge is 0.378 e. The number of nitro groups is 1. The number of hydrogen-bond acceptors (Lipinski definition) is 5. The van der Waals surface area contributed by atoms with Crippen molar-refractivity contribution in [3.63, 3.8) is 0 Å². The third-order valence-corrected chi connectivity index (χ3v) is 4.21. The van der Waals surface area contributed by atoms with Gasteiger partial charge in [0.05, 0.1) is 24.0 Å². The van der Waals surface area contributed by atoms with E-state index in [1.807, 2.05) is 0 Å². The summed E-state index contributed by atoms with van der Waals surface area (Å²) in [6.45, 7) is 5.47. The van der Waals surface area contributed by atoms with Crippen LogP contribution in [0.1, 0.15) is 18.7 Å². The van der Waals surface area contributed by atoms with Gasteiger partial charge in [0.25, 0.3) is 0 Å². The van der Waals surface area contributed by atoms with E-state index in [1.54, 1.807) is 18.7 Å². The van der Waals surface area contributed by atoms with Crippen molar-refractivity contribution < 1.29 is 14.5 Å². The zero-order chi connectivity index (χ0) is 14.9. The Morgan fingerprint density at radius 2 is 2.10 bits per heavy atom. The van der Waals surface area contributed by atoms with Crippen molar-refractivity contribution in [1.82, 2.24) is 14.7 Å². The molecule has 9 heteroatoms. The Labute approximate surface area is 124 Å². The molecule has 1 atom stereocenters. The lowest BCUT2D eigenvalue weighted by Crippen LogP contribution is -2.44. The first kappa shape index (κ1) is 14.9. The van der Waals surface area contributed by atoms with Crippen LogP contribution >= 0.6 is 15.9 Å². The first-order chi connectivity index (χ1) is 9.43. The minimum absolute atomic E-state index is 0.110. The number of amides is 1. The van der Waals surface area contributed by atoms with Crippen LogP contribution in [-0.2, 0) is 9.53 Å². The van der Waals surface area contributed by atoms with Gasteiger partial charge in [-0.3, -0.25) is 4.79 Å². The molecule has 0 spiro atoms. The van der Waals surface area contributed by atoms with Gasteiger partial charge >= 0.3 is 5.82 Å². The molecule has 20 heavy (non-hydrogen) atoms. The third kappa shape index (κ3) is 2.68. The summed E-state index contributed by atoms with van der Waals surface area (Å²) >= 11 is 3.15. The van der Waals surface area contributed by atoms with Gasteiger partial charge in [0.2, 0.25) is 5.91 Å². The predicted molar refractivity (Wildman–Crippen MR) is 73.4 cm³/mol. The minimum atomic E-state index is -0.585. The largest absolute Gasteiger partial charge is 0.404 e. The Hall–Kier alpha value is -1.48. The summed E-state index contributed by atoms with van der Waals surface area (Å²) in [5.41, 5.74) is 0.561. The number of hydrogen-bond donors (Lipinski definition) is 0. The molecule has 0 bridgehead atoms. The summed E-state index contributed by atoms with van der Waals surface area (Å²) in [7, 11) is 0.